The molecule has 0 unspecified atom stereocenters. The van der Waals surface area contributed by atoms with Crippen LogP contribution < -0.4 is 5.73 Å². The Kier molecular flexibility index (Phi) is 2.12. The number of anilines is 1. The largest absolute Gasteiger partial charge is 0.368 e. The first-order valence-corrected chi connectivity index (χ1v) is 4.77. The van der Waals surface area contributed by atoms with E-state index in [-0.39, 0.29) is 11.2 Å². The summed E-state index contributed by atoms with van der Waals surface area (Å²) in [6.07, 6.45) is 0. The minimum absolute atomic E-state index is 0.119. The summed E-state index contributed by atoms with van der Waals surface area (Å²) in [5, 5.41) is 3.97. The first-order chi connectivity index (χ1) is 6.25. The number of nitrogens with zero attached hydrogens (tertiary/aromatic N) is 3. The van der Waals surface area contributed by atoms with Crippen LogP contribution in [0.2, 0.25) is 5.28 Å². The molecule has 2 aromatic rings. The van der Waals surface area contributed by atoms with Crippen LogP contribution in [-0.4, -0.2) is 15.0 Å². The fourth-order valence-electron chi connectivity index (χ4n) is 0.886. The van der Waals surface area contributed by atoms with Crippen molar-refractivity contribution in [2.75, 3.05) is 5.73 Å². The fourth-order valence-corrected chi connectivity index (χ4v) is 1.69. The summed E-state index contributed by atoms with van der Waals surface area (Å²) in [7, 11) is 0. The van der Waals surface area contributed by atoms with Crippen molar-refractivity contribution in [2.24, 2.45) is 0 Å². The van der Waals surface area contributed by atoms with Gasteiger partial charge in [0.1, 0.15) is 0 Å². The molecule has 0 atom stereocenters. The van der Waals surface area contributed by atoms with Gasteiger partial charge in [-0.15, -0.1) is 0 Å². The summed E-state index contributed by atoms with van der Waals surface area (Å²) in [6.45, 7) is 0. The van der Waals surface area contributed by atoms with Crippen molar-refractivity contribution < 1.29 is 0 Å². The van der Waals surface area contributed by atoms with Crippen LogP contribution in [0.3, 0.4) is 0 Å². The van der Waals surface area contributed by atoms with Crippen molar-refractivity contribution >= 4 is 28.9 Å². The van der Waals surface area contributed by atoms with Gasteiger partial charge in [-0.3, -0.25) is 0 Å². The van der Waals surface area contributed by atoms with Gasteiger partial charge in [-0.25, -0.2) is 0 Å². The molecule has 4 nitrogen and oxygen atoms in total. The lowest BCUT2D eigenvalue weighted by Gasteiger charge is -1.97. The topological polar surface area (TPSA) is 64.7 Å². The molecule has 0 bridgehead atoms. The molecule has 13 heavy (non-hydrogen) atoms. The molecule has 0 fully saturated rings. The summed E-state index contributed by atoms with van der Waals surface area (Å²) in [5.41, 5.74) is 6.33. The molecule has 2 heterocycles. The van der Waals surface area contributed by atoms with E-state index in [9.17, 15) is 0 Å². The number of halogens is 1. The predicted molar refractivity (Wildman–Crippen MR) is 52.6 cm³/mol. The molecular weight excluding hydrogens is 208 g/mol. The van der Waals surface area contributed by atoms with Crippen molar-refractivity contribution in [1.82, 2.24) is 15.0 Å². The van der Waals surface area contributed by atoms with Crippen LogP contribution in [0.4, 0.5) is 5.95 Å². The molecule has 0 saturated heterocycles. The third kappa shape index (κ3) is 1.76. The van der Waals surface area contributed by atoms with Gasteiger partial charge in [-0.1, -0.05) is 0 Å². The van der Waals surface area contributed by atoms with Gasteiger partial charge < -0.3 is 5.73 Å². The minimum Gasteiger partial charge on any atom is -0.368 e. The zero-order valence-electron chi connectivity index (χ0n) is 6.44. The molecule has 0 aliphatic rings. The number of nitrogen functional groups attached to an aromatic ring is 1. The van der Waals surface area contributed by atoms with E-state index in [2.05, 4.69) is 15.0 Å². The third-order valence-corrected chi connectivity index (χ3v) is 2.26. The van der Waals surface area contributed by atoms with Gasteiger partial charge in [0.25, 0.3) is 0 Å². The second-order valence-corrected chi connectivity index (χ2v) is 3.42. The molecule has 2 rings (SSSR count). The van der Waals surface area contributed by atoms with E-state index >= 15 is 0 Å². The number of nitrogens with two attached hydrogens (primary N) is 1. The molecule has 2 N–H and O–H groups in total. The maximum atomic E-state index is 5.63. The van der Waals surface area contributed by atoms with Crippen LogP contribution in [0.5, 0.6) is 0 Å². The van der Waals surface area contributed by atoms with Crippen molar-refractivity contribution in [1.29, 1.82) is 0 Å². The Morgan fingerprint density at radius 1 is 1.31 bits per heavy atom. The molecule has 6 heteroatoms. The number of thiophene rings is 1. The second kappa shape index (κ2) is 3.27. The smallest absolute Gasteiger partial charge is 0.227 e. The van der Waals surface area contributed by atoms with Gasteiger partial charge in [0.05, 0.1) is 0 Å². The molecule has 2 aromatic heterocycles. The van der Waals surface area contributed by atoms with Crippen LogP contribution >= 0.6 is 22.9 Å². The molecule has 0 radical (unpaired) electrons. The Balaban J connectivity index is 2.53. The van der Waals surface area contributed by atoms with Crippen molar-refractivity contribution in [3.8, 4) is 11.4 Å². The maximum Gasteiger partial charge on any atom is 0.227 e. The molecule has 0 aliphatic heterocycles. The van der Waals surface area contributed by atoms with Gasteiger partial charge in [-0.2, -0.15) is 26.3 Å². The van der Waals surface area contributed by atoms with Crippen LogP contribution in [0, 0.1) is 0 Å². The normalized spacial score (nSPS) is 10.2. The lowest BCUT2D eigenvalue weighted by atomic mass is 10.3. The molecular formula is C7H5ClN4S. The zero-order valence-corrected chi connectivity index (χ0v) is 8.01. The minimum atomic E-state index is 0.119. The third-order valence-electron chi connectivity index (χ3n) is 1.40. The van der Waals surface area contributed by atoms with Crippen molar-refractivity contribution in [2.45, 2.75) is 0 Å². The van der Waals surface area contributed by atoms with Gasteiger partial charge in [0, 0.05) is 10.9 Å². The lowest BCUT2D eigenvalue weighted by molar-refractivity contribution is 1.07. The van der Waals surface area contributed by atoms with E-state index in [4.69, 9.17) is 17.3 Å². The Morgan fingerprint density at radius 2 is 2.15 bits per heavy atom. The summed E-state index contributed by atoms with van der Waals surface area (Å²) < 4.78 is 0. The molecule has 0 aliphatic carbocycles. The Labute approximate surface area is 83.4 Å². The predicted octanol–water partition coefficient (Wildman–Crippen LogP) is 1.84. The van der Waals surface area contributed by atoms with Crippen LogP contribution in [0.15, 0.2) is 16.8 Å². The van der Waals surface area contributed by atoms with E-state index in [1.165, 1.54) is 0 Å². The number of hydrogen-bond acceptors (Lipinski definition) is 5. The van der Waals surface area contributed by atoms with E-state index in [0.717, 1.165) is 5.56 Å². The molecule has 66 valence electrons. The highest BCUT2D eigenvalue weighted by Gasteiger charge is 2.04. The summed E-state index contributed by atoms with van der Waals surface area (Å²) in [6, 6.07) is 1.90. The number of aromatic nitrogens is 3. The van der Waals surface area contributed by atoms with Crippen molar-refractivity contribution in [3.05, 3.63) is 22.1 Å². The van der Waals surface area contributed by atoms with Crippen molar-refractivity contribution in [3.63, 3.8) is 0 Å². The van der Waals surface area contributed by atoms with Crippen LogP contribution in [0.1, 0.15) is 0 Å². The summed E-state index contributed by atoms with van der Waals surface area (Å²) in [5.74, 6) is 0.653. The number of rotatable bonds is 1. The monoisotopic (exact) mass is 212 g/mol. The fraction of sp³-hybridized carbons (Fsp3) is 0. The van der Waals surface area contributed by atoms with Gasteiger partial charge >= 0.3 is 0 Å². The first-order valence-electron chi connectivity index (χ1n) is 3.45. The van der Waals surface area contributed by atoms with Crippen LogP contribution in [0.25, 0.3) is 11.4 Å². The standard InChI is InChI=1S/C7H5ClN4S/c8-6-10-5(11-7(9)12-6)4-1-2-13-3-4/h1-3H,(H2,9,10,11,12). The van der Waals surface area contributed by atoms with Crippen LogP contribution in [-0.2, 0) is 0 Å². The average Bonchev–Trinajstić information content (AvgIpc) is 2.53. The summed E-state index contributed by atoms with van der Waals surface area (Å²) in [4.78, 5) is 11.6. The van der Waals surface area contributed by atoms with Gasteiger partial charge in [0.2, 0.25) is 11.2 Å². The van der Waals surface area contributed by atoms with Gasteiger partial charge in [0.15, 0.2) is 5.82 Å². The Bertz CT molecular complexity index is 394. The maximum absolute atomic E-state index is 5.63. The zero-order chi connectivity index (χ0) is 9.26. The van der Waals surface area contributed by atoms with E-state index in [0.29, 0.717) is 5.82 Å². The molecule has 0 aromatic carbocycles. The first kappa shape index (κ1) is 8.40. The number of hydrogen-bond donors (Lipinski definition) is 1. The highest BCUT2D eigenvalue weighted by atomic mass is 35.5. The average molecular weight is 213 g/mol. The molecule has 0 amide bonds. The summed E-state index contributed by atoms with van der Waals surface area (Å²) >= 11 is 7.19. The molecule has 0 saturated carbocycles. The highest BCUT2D eigenvalue weighted by Crippen LogP contribution is 2.19. The quantitative estimate of drug-likeness (QED) is 0.784. The highest BCUT2D eigenvalue weighted by molar-refractivity contribution is 7.08. The second-order valence-electron chi connectivity index (χ2n) is 2.30. The molecule has 0 spiro atoms. The van der Waals surface area contributed by atoms with Gasteiger partial charge in [-0.05, 0) is 23.0 Å². The lowest BCUT2D eigenvalue weighted by Crippen LogP contribution is -1.99. The van der Waals surface area contributed by atoms with E-state index in [1.807, 2.05) is 16.8 Å². The Hall–Kier alpha value is -1.20. The van der Waals surface area contributed by atoms with E-state index < -0.39 is 0 Å². The Morgan fingerprint density at radius 3 is 2.77 bits per heavy atom. The SMILES string of the molecule is Nc1nc(Cl)nc(-c2ccsc2)n1. The van der Waals surface area contributed by atoms with E-state index in [1.54, 1.807) is 11.3 Å².